The second-order valence-corrected chi connectivity index (χ2v) is 7.34. The first-order valence-electron chi connectivity index (χ1n) is 8.17. The number of carboxylic acids is 1. The first kappa shape index (κ1) is 14.5. The summed E-state index contributed by atoms with van der Waals surface area (Å²) in [4.78, 5) is 26.6. The number of benzene rings is 1. The number of ether oxygens (including phenoxy) is 1. The number of aliphatic carboxylic acids is 1. The van der Waals surface area contributed by atoms with Crippen LogP contribution in [0.15, 0.2) is 18.2 Å². The van der Waals surface area contributed by atoms with Crippen LogP contribution in [-0.2, 0) is 22.7 Å². The minimum atomic E-state index is -0.723. The van der Waals surface area contributed by atoms with Crippen molar-refractivity contribution in [3.05, 3.63) is 29.3 Å². The summed E-state index contributed by atoms with van der Waals surface area (Å²) in [6, 6.07) is 5.93. The molecule has 4 rings (SSSR count). The Bertz CT molecular complexity index is 688. The fourth-order valence-corrected chi connectivity index (χ4v) is 4.76. The highest BCUT2D eigenvalue weighted by molar-refractivity contribution is 5.87. The van der Waals surface area contributed by atoms with Crippen molar-refractivity contribution in [1.29, 1.82) is 0 Å². The molecule has 0 saturated heterocycles. The summed E-state index contributed by atoms with van der Waals surface area (Å²) in [5.74, 6) is 0.232. The number of amides is 1. The van der Waals surface area contributed by atoms with Gasteiger partial charge in [-0.25, -0.2) is 0 Å². The van der Waals surface area contributed by atoms with Crippen LogP contribution in [0.1, 0.15) is 43.2 Å². The van der Waals surface area contributed by atoms with E-state index >= 15 is 0 Å². The van der Waals surface area contributed by atoms with E-state index < -0.39 is 16.8 Å². The van der Waals surface area contributed by atoms with E-state index in [1.807, 2.05) is 23.1 Å². The molecule has 0 radical (unpaired) electrons. The quantitative estimate of drug-likeness (QED) is 0.931. The van der Waals surface area contributed by atoms with Gasteiger partial charge in [0, 0.05) is 13.1 Å². The van der Waals surface area contributed by atoms with Gasteiger partial charge >= 0.3 is 5.97 Å². The number of methoxy groups -OCH3 is 1. The van der Waals surface area contributed by atoms with E-state index in [0.717, 1.165) is 16.9 Å². The minimum absolute atomic E-state index is 0.147. The molecule has 3 aliphatic rings. The van der Waals surface area contributed by atoms with Gasteiger partial charge in [-0.05, 0) is 55.4 Å². The van der Waals surface area contributed by atoms with Gasteiger partial charge < -0.3 is 14.7 Å². The van der Waals surface area contributed by atoms with Crippen molar-refractivity contribution in [1.82, 2.24) is 4.90 Å². The average Bonchev–Trinajstić information content (AvgIpc) is 3.25. The molecule has 1 aliphatic heterocycles. The first-order valence-corrected chi connectivity index (χ1v) is 8.17. The Kier molecular flexibility index (Phi) is 2.99. The lowest BCUT2D eigenvalue weighted by Crippen LogP contribution is -2.38. The van der Waals surface area contributed by atoms with Gasteiger partial charge in [0.25, 0.3) is 0 Å². The minimum Gasteiger partial charge on any atom is -0.497 e. The summed E-state index contributed by atoms with van der Waals surface area (Å²) in [6.07, 6.45) is 3.23. The predicted octanol–water partition coefficient (Wildman–Crippen LogP) is 2.57. The monoisotopic (exact) mass is 315 g/mol. The van der Waals surface area contributed by atoms with E-state index in [-0.39, 0.29) is 5.91 Å². The predicted molar refractivity (Wildman–Crippen MR) is 82.8 cm³/mol. The molecule has 122 valence electrons. The van der Waals surface area contributed by atoms with Gasteiger partial charge in [-0.2, -0.15) is 0 Å². The Hall–Kier alpha value is -2.04. The van der Waals surface area contributed by atoms with Crippen molar-refractivity contribution in [2.45, 2.75) is 45.2 Å². The zero-order valence-electron chi connectivity index (χ0n) is 13.3. The molecule has 0 spiro atoms. The van der Waals surface area contributed by atoms with Crippen LogP contribution in [0.2, 0.25) is 0 Å². The second-order valence-electron chi connectivity index (χ2n) is 7.34. The Morgan fingerprint density at radius 3 is 2.35 bits per heavy atom. The molecule has 1 heterocycles. The van der Waals surface area contributed by atoms with Crippen molar-refractivity contribution < 1.29 is 19.4 Å². The number of carbonyl (C=O) groups is 2. The standard InChI is InChI=1S/C18H21NO4/c1-23-14-3-2-12-9-19(10-13(12)8-14)15(20)17-4-6-18(11-17,7-5-17)16(21)22/h2-3,8H,4-7,9-11H2,1H3,(H,21,22). The van der Waals surface area contributed by atoms with Crippen LogP contribution in [0.4, 0.5) is 0 Å². The second kappa shape index (κ2) is 4.73. The number of nitrogens with zero attached hydrogens (tertiary/aromatic N) is 1. The molecule has 1 amide bonds. The van der Waals surface area contributed by atoms with Crippen molar-refractivity contribution in [3.63, 3.8) is 0 Å². The number of fused-ring (bicyclic) bond motifs is 3. The topological polar surface area (TPSA) is 66.8 Å². The summed E-state index contributed by atoms with van der Waals surface area (Å²) < 4.78 is 5.25. The van der Waals surface area contributed by atoms with Gasteiger partial charge in [-0.15, -0.1) is 0 Å². The van der Waals surface area contributed by atoms with Crippen LogP contribution in [-0.4, -0.2) is 29.0 Å². The Morgan fingerprint density at radius 1 is 1.09 bits per heavy atom. The molecule has 0 aromatic heterocycles. The van der Waals surface area contributed by atoms with Crippen molar-refractivity contribution in [2.24, 2.45) is 10.8 Å². The van der Waals surface area contributed by atoms with Crippen molar-refractivity contribution in [2.75, 3.05) is 7.11 Å². The zero-order valence-corrected chi connectivity index (χ0v) is 13.3. The maximum Gasteiger partial charge on any atom is 0.309 e. The number of carbonyl (C=O) groups excluding carboxylic acids is 1. The molecule has 0 unspecified atom stereocenters. The van der Waals surface area contributed by atoms with Crippen LogP contribution in [0, 0.1) is 10.8 Å². The third-order valence-electron chi connectivity index (χ3n) is 6.17. The Balaban J connectivity index is 1.55. The van der Waals surface area contributed by atoms with Crippen LogP contribution in [0.25, 0.3) is 0 Å². The fourth-order valence-electron chi connectivity index (χ4n) is 4.76. The lowest BCUT2D eigenvalue weighted by molar-refractivity contribution is -0.148. The van der Waals surface area contributed by atoms with Gasteiger partial charge in [0.2, 0.25) is 5.91 Å². The van der Waals surface area contributed by atoms with E-state index in [0.29, 0.717) is 45.2 Å². The highest BCUT2D eigenvalue weighted by Crippen LogP contribution is 2.62. The number of carboxylic acid groups (broad SMARTS) is 1. The van der Waals surface area contributed by atoms with Crippen LogP contribution < -0.4 is 4.74 Å². The number of hydrogen-bond donors (Lipinski definition) is 1. The molecule has 1 aromatic rings. The lowest BCUT2D eigenvalue weighted by atomic mass is 9.81. The van der Waals surface area contributed by atoms with Crippen LogP contribution in [0.5, 0.6) is 5.75 Å². The van der Waals surface area contributed by atoms with Gasteiger partial charge in [-0.3, -0.25) is 9.59 Å². The molecule has 23 heavy (non-hydrogen) atoms. The fraction of sp³-hybridized carbons (Fsp3) is 0.556. The number of hydrogen-bond acceptors (Lipinski definition) is 3. The summed E-state index contributed by atoms with van der Waals surface area (Å²) in [7, 11) is 1.64. The lowest BCUT2D eigenvalue weighted by Gasteiger charge is -2.30. The summed E-state index contributed by atoms with van der Waals surface area (Å²) in [5, 5.41) is 9.51. The van der Waals surface area contributed by atoms with Crippen molar-refractivity contribution >= 4 is 11.9 Å². The van der Waals surface area contributed by atoms with E-state index in [9.17, 15) is 14.7 Å². The maximum atomic E-state index is 13.1. The third kappa shape index (κ3) is 1.98. The maximum absolute atomic E-state index is 13.1. The van der Waals surface area contributed by atoms with E-state index in [1.54, 1.807) is 7.11 Å². The molecule has 2 bridgehead atoms. The summed E-state index contributed by atoms with van der Waals surface area (Å²) in [6.45, 7) is 1.23. The number of rotatable bonds is 3. The molecular weight excluding hydrogens is 294 g/mol. The summed E-state index contributed by atoms with van der Waals surface area (Å²) >= 11 is 0. The van der Waals surface area contributed by atoms with Gasteiger partial charge in [-0.1, -0.05) is 6.07 Å². The molecule has 1 N–H and O–H groups in total. The van der Waals surface area contributed by atoms with Gasteiger partial charge in [0.1, 0.15) is 5.75 Å². The molecule has 2 aliphatic carbocycles. The van der Waals surface area contributed by atoms with Crippen molar-refractivity contribution in [3.8, 4) is 5.75 Å². The Labute approximate surface area is 135 Å². The largest absolute Gasteiger partial charge is 0.497 e. The average molecular weight is 315 g/mol. The smallest absolute Gasteiger partial charge is 0.309 e. The summed E-state index contributed by atoms with van der Waals surface area (Å²) in [5.41, 5.74) is 1.21. The molecule has 2 saturated carbocycles. The van der Waals surface area contributed by atoms with E-state index in [1.165, 1.54) is 0 Å². The molecule has 0 atom stereocenters. The molecular formula is C18H21NO4. The van der Waals surface area contributed by atoms with Gasteiger partial charge in [0.05, 0.1) is 17.9 Å². The molecule has 5 nitrogen and oxygen atoms in total. The highest BCUT2D eigenvalue weighted by atomic mass is 16.5. The molecule has 2 fully saturated rings. The van der Waals surface area contributed by atoms with Crippen LogP contribution in [0.3, 0.4) is 0 Å². The normalized spacial score (nSPS) is 31.3. The third-order valence-corrected chi connectivity index (χ3v) is 6.17. The van der Waals surface area contributed by atoms with E-state index in [2.05, 4.69) is 0 Å². The molecule has 5 heteroatoms. The first-order chi connectivity index (χ1) is 11.0. The highest BCUT2D eigenvalue weighted by Gasteiger charge is 2.62. The van der Waals surface area contributed by atoms with E-state index in [4.69, 9.17) is 4.74 Å². The van der Waals surface area contributed by atoms with Crippen LogP contribution >= 0.6 is 0 Å². The molecule has 1 aromatic carbocycles. The zero-order chi connectivity index (χ0) is 16.2. The van der Waals surface area contributed by atoms with Gasteiger partial charge in [0.15, 0.2) is 0 Å². The Morgan fingerprint density at radius 2 is 1.74 bits per heavy atom. The SMILES string of the molecule is COc1ccc2c(c1)CN(C(=O)C13CCC(C(=O)O)(CC1)C3)C2.